The fourth-order valence-electron chi connectivity index (χ4n) is 2.74. The lowest BCUT2D eigenvalue weighted by Gasteiger charge is -2.11. The number of rotatable bonds is 1. The van der Waals surface area contributed by atoms with Gasteiger partial charge in [-0.25, -0.2) is 9.49 Å². The number of aromatic amines is 1. The van der Waals surface area contributed by atoms with Gasteiger partial charge in [-0.05, 0) is 50.4 Å². The third-order valence-corrected chi connectivity index (χ3v) is 4.67. The van der Waals surface area contributed by atoms with E-state index in [9.17, 15) is 27.2 Å². The van der Waals surface area contributed by atoms with Crippen molar-refractivity contribution in [1.82, 2.24) is 10.2 Å². The fourth-order valence-corrected chi connectivity index (χ4v) is 3.30. The van der Waals surface area contributed by atoms with Gasteiger partial charge in [0.1, 0.15) is 5.82 Å². The predicted octanol–water partition coefficient (Wildman–Crippen LogP) is 4.18. The van der Waals surface area contributed by atoms with Gasteiger partial charge in [-0.1, -0.05) is 22.4 Å². The van der Waals surface area contributed by atoms with Crippen molar-refractivity contribution in [3.8, 4) is 0 Å². The standard InChI is InChI=1S/C9H6BrF4NO.C9H12N2O.CH5N/c1-4(16)15-8-3-6(10)5(2-7(8)11)9(12,13)14;12-9-6-7-4-2-1-3-5-8(7)10-11-9;1-2/h2-3H,1H3,(H,15,16);6H,1-5H2,(H,11,12);2H2,1H3. The average molecular weight is 495 g/mol. The van der Waals surface area contributed by atoms with Crippen LogP contribution in [-0.4, -0.2) is 23.2 Å². The average Bonchev–Trinajstić information content (AvgIpc) is 2.90. The Labute approximate surface area is 179 Å². The molecule has 0 saturated heterocycles. The van der Waals surface area contributed by atoms with Crippen LogP contribution in [0.25, 0.3) is 0 Å². The summed E-state index contributed by atoms with van der Waals surface area (Å²) in [5, 5.41) is 8.60. The molecule has 6 nitrogen and oxygen atoms in total. The molecule has 1 amide bonds. The molecule has 0 fully saturated rings. The van der Waals surface area contributed by atoms with Gasteiger partial charge in [0, 0.05) is 17.5 Å². The highest BCUT2D eigenvalue weighted by Gasteiger charge is 2.34. The maximum absolute atomic E-state index is 13.2. The van der Waals surface area contributed by atoms with Gasteiger partial charge in [-0.2, -0.15) is 18.3 Å². The van der Waals surface area contributed by atoms with Crippen LogP contribution in [-0.2, 0) is 23.8 Å². The third-order valence-electron chi connectivity index (χ3n) is 4.01. The summed E-state index contributed by atoms with van der Waals surface area (Å²) in [5.41, 5.74) is 5.24. The molecular formula is C19H23BrF4N4O2. The van der Waals surface area contributed by atoms with Crippen molar-refractivity contribution in [1.29, 1.82) is 0 Å². The molecule has 11 heteroatoms. The number of amides is 1. The topological polar surface area (TPSA) is 101 Å². The van der Waals surface area contributed by atoms with Crippen molar-refractivity contribution < 1.29 is 22.4 Å². The summed E-state index contributed by atoms with van der Waals surface area (Å²) in [6.45, 7) is 1.13. The van der Waals surface area contributed by atoms with Crippen molar-refractivity contribution in [2.45, 2.75) is 45.2 Å². The Morgan fingerprint density at radius 3 is 2.40 bits per heavy atom. The first-order valence-corrected chi connectivity index (χ1v) is 9.86. The maximum Gasteiger partial charge on any atom is 0.417 e. The quantitative estimate of drug-likeness (QED) is 0.408. The monoisotopic (exact) mass is 494 g/mol. The number of aryl methyl sites for hydroxylation is 2. The number of hydrogen-bond acceptors (Lipinski definition) is 4. The SMILES string of the molecule is CC(=O)Nc1cc(Br)c(C(F)(F)F)cc1F.CN.O=c1cc2c(n[nH]1)CCCCC2. The van der Waals surface area contributed by atoms with E-state index < -0.39 is 23.5 Å². The van der Waals surface area contributed by atoms with Crippen molar-refractivity contribution in [2.24, 2.45) is 5.73 Å². The number of halogens is 5. The van der Waals surface area contributed by atoms with E-state index in [2.05, 4.69) is 37.2 Å². The molecule has 0 radical (unpaired) electrons. The number of hydrogen-bond donors (Lipinski definition) is 3. The van der Waals surface area contributed by atoms with Crippen LogP contribution in [0.2, 0.25) is 0 Å². The second-order valence-electron chi connectivity index (χ2n) is 6.26. The zero-order valence-corrected chi connectivity index (χ0v) is 18.1. The van der Waals surface area contributed by atoms with E-state index >= 15 is 0 Å². The van der Waals surface area contributed by atoms with Crippen LogP contribution < -0.4 is 16.6 Å². The Balaban J connectivity index is 0.000000285. The number of carbonyl (C=O) groups is 1. The Morgan fingerprint density at radius 2 is 1.80 bits per heavy atom. The summed E-state index contributed by atoms with van der Waals surface area (Å²) in [7, 11) is 1.50. The number of carbonyl (C=O) groups excluding carboxylic acids is 1. The summed E-state index contributed by atoms with van der Waals surface area (Å²) >= 11 is 2.67. The van der Waals surface area contributed by atoms with Gasteiger partial charge in [0.05, 0.1) is 16.9 Å². The molecule has 2 aromatic rings. The van der Waals surface area contributed by atoms with Crippen LogP contribution in [0.3, 0.4) is 0 Å². The molecule has 30 heavy (non-hydrogen) atoms. The molecule has 0 aliphatic heterocycles. The van der Waals surface area contributed by atoms with E-state index in [1.165, 1.54) is 26.3 Å². The number of aromatic nitrogens is 2. The minimum absolute atomic E-state index is 0.0735. The Morgan fingerprint density at radius 1 is 1.17 bits per heavy atom. The van der Waals surface area contributed by atoms with Crippen LogP contribution >= 0.6 is 15.9 Å². The zero-order valence-electron chi connectivity index (χ0n) is 16.5. The van der Waals surface area contributed by atoms with E-state index in [0.717, 1.165) is 37.1 Å². The van der Waals surface area contributed by atoms with E-state index in [-0.39, 0.29) is 15.7 Å². The molecule has 0 unspecified atom stereocenters. The van der Waals surface area contributed by atoms with Crippen molar-refractivity contribution in [2.75, 3.05) is 12.4 Å². The molecular weight excluding hydrogens is 472 g/mol. The molecule has 0 saturated carbocycles. The largest absolute Gasteiger partial charge is 0.417 e. The van der Waals surface area contributed by atoms with Gasteiger partial charge in [-0.15, -0.1) is 0 Å². The minimum Gasteiger partial charge on any atom is -0.333 e. The summed E-state index contributed by atoms with van der Waals surface area (Å²) in [5.74, 6) is -1.70. The van der Waals surface area contributed by atoms with E-state index in [1.54, 1.807) is 6.07 Å². The van der Waals surface area contributed by atoms with Crippen molar-refractivity contribution >= 4 is 27.5 Å². The number of nitrogens with zero attached hydrogens (tertiary/aromatic N) is 1. The number of fused-ring (bicyclic) bond motifs is 1. The lowest BCUT2D eigenvalue weighted by molar-refractivity contribution is -0.138. The zero-order chi connectivity index (χ0) is 22.9. The normalized spacial score (nSPS) is 12.9. The third kappa shape index (κ3) is 7.86. The lowest BCUT2D eigenvalue weighted by Crippen LogP contribution is -2.11. The first-order chi connectivity index (χ1) is 14.1. The highest BCUT2D eigenvalue weighted by atomic mass is 79.9. The van der Waals surface area contributed by atoms with Crippen molar-refractivity contribution in [3.05, 3.63) is 55.7 Å². The first-order valence-electron chi connectivity index (χ1n) is 9.07. The molecule has 3 rings (SSSR count). The second kappa shape index (κ2) is 11.8. The van der Waals surface area contributed by atoms with Crippen LogP contribution in [0, 0.1) is 5.82 Å². The lowest BCUT2D eigenvalue weighted by atomic mass is 10.1. The summed E-state index contributed by atoms with van der Waals surface area (Å²) in [6.07, 6.45) is 1.04. The predicted molar refractivity (Wildman–Crippen MR) is 110 cm³/mol. The number of alkyl halides is 3. The summed E-state index contributed by atoms with van der Waals surface area (Å²) in [6, 6.07) is 2.89. The van der Waals surface area contributed by atoms with Crippen LogP contribution in [0.1, 0.15) is 43.0 Å². The second-order valence-corrected chi connectivity index (χ2v) is 7.11. The van der Waals surface area contributed by atoms with Crippen LogP contribution in [0.5, 0.6) is 0 Å². The van der Waals surface area contributed by atoms with Gasteiger partial charge in [0.15, 0.2) is 0 Å². The molecule has 1 aromatic heterocycles. The highest BCUT2D eigenvalue weighted by Crippen LogP contribution is 2.37. The van der Waals surface area contributed by atoms with Gasteiger partial charge in [0.25, 0.3) is 5.56 Å². The molecule has 0 spiro atoms. The Hall–Kier alpha value is -2.27. The molecule has 1 aromatic carbocycles. The van der Waals surface area contributed by atoms with E-state index in [1.807, 2.05) is 0 Å². The van der Waals surface area contributed by atoms with E-state index in [0.29, 0.717) is 6.07 Å². The van der Waals surface area contributed by atoms with Crippen LogP contribution in [0.15, 0.2) is 27.5 Å². The highest BCUT2D eigenvalue weighted by molar-refractivity contribution is 9.10. The van der Waals surface area contributed by atoms with E-state index in [4.69, 9.17) is 0 Å². The van der Waals surface area contributed by atoms with Gasteiger partial charge < -0.3 is 11.1 Å². The van der Waals surface area contributed by atoms with Gasteiger partial charge in [-0.3, -0.25) is 9.59 Å². The number of H-pyrrole nitrogens is 1. The molecule has 0 bridgehead atoms. The number of nitrogens with two attached hydrogens (primary N) is 1. The summed E-state index contributed by atoms with van der Waals surface area (Å²) in [4.78, 5) is 21.6. The fraction of sp³-hybridized carbons (Fsp3) is 0.421. The molecule has 0 atom stereocenters. The number of anilines is 1. The van der Waals surface area contributed by atoms with Gasteiger partial charge >= 0.3 is 6.18 Å². The van der Waals surface area contributed by atoms with Crippen molar-refractivity contribution in [3.63, 3.8) is 0 Å². The molecule has 4 N–H and O–H groups in total. The molecule has 1 aliphatic rings. The smallest absolute Gasteiger partial charge is 0.333 e. The Kier molecular flexibility index (Phi) is 10.1. The molecule has 166 valence electrons. The van der Waals surface area contributed by atoms with Crippen LogP contribution in [0.4, 0.5) is 23.2 Å². The Bertz CT molecular complexity index is 916. The number of benzene rings is 1. The first kappa shape index (κ1) is 25.8. The minimum atomic E-state index is -4.64. The van der Waals surface area contributed by atoms with Gasteiger partial charge in [0.2, 0.25) is 5.91 Å². The molecule has 1 heterocycles. The summed E-state index contributed by atoms with van der Waals surface area (Å²) < 4.78 is 49.9. The number of nitrogens with one attached hydrogen (secondary N) is 2. The molecule has 1 aliphatic carbocycles. The maximum atomic E-state index is 13.2.